The van der Waals surface area contributed by atoms with Gasteiger partial charge in [-0.3, -0.25) is 9.59 Å². The van der Waals surface area contributed by atoms with E-state index in [1.165, 1.54) is 19.2 Å². The van der Waals surface area contributed by atoms with E-state index in [4.69, 9.17) is 9.72 Å². The van der Waals surface area contributed by atoms with Gasteiger partial charge in [-0.25, -0.2) is 13.8 Å². The van der Waals surface area contributed by atoms with Gasteiger partial charge in [0, 0.05) is 25.3 Å². The summed E-state index contributed by atoms with van der Waals surface area (Å²) in [6.45, 7) is 1.24. The first-order chi connectivity index (χ1) is 20.1. The molecule has 228 valence electrons. The van der Waals surface area contributed by atoms with Crippen LogP contribution in [0.3, 0.4) is 0 Å². The van der Waals surface area contributed by atoms with Gasteiger partial charge in [-0.15, -0.1) is 0 Å². The quantitative estimate of drug-likeness (QED) is 0.349. The van der Waals surface area contributed by atoms with Gasteiger partial charge >= 0.3 is 0 Å². The lowest BCUT2D eigenvalue weighted by molar-refractivity contribution is -0.120. The van der Waals surface area contributed by atoms with E-state index < -0.39 is 30.5 Å². The summed E-state index contributed by atoms with van der Waals surface area (Å²) in [5, 5.41) is 17.8. The summed E-state index contributed by atoms with van der Waals surface area (Å²) in [6, 6.07) is 4.50. The molecule has 1 saturated carbocycles. The number of alkyl halides is 2. The molecule has 42 heavy (non-hydrogen) atoms. The molecule has 1 unspecified atom stereocenters. The first-order valence-corrected chi connectivity index (χ1v) is 14.5. The second-order valence-electron chi connectivity index (χ2n) is 11.3. The highest BCUT2D eigenvalue weighted by molar-refractivity contribution is 6.04. The van der Waals surface area contributed by atoms with Gasteiger partial charge in [-0.05, 0) is 56.8 Å². The number of nitrogens with one attached hydrogen (secondary N) is 3. The van der Waals surface area contributed by atoms with E-state index in [0.29, 0.717) is 41.9 Å². The molecule has 1 aliphatic carbocycles. The molecule has 5 rings (SSSR count). The first-order valence-electron chi connectivity index (χ1n) is 14.5. The number of methoxy groups -OCH3 is 1. The van der Waals surface area contributed by atoms with Crippen molar-refractivity contribution in [2.24, 2.45) is 0 Å². The summed E-state index contributed by atoms with van der Waals surface area (Å²) in [5.74, 6) is -2.61. The molecule has 2 aromatic rings. The Balaban J connectivity index is 1.41. The Morgan fingerprint density at radius 1 is 1.29 bits per heavy atom. The molecular formula is C29H39F2N7O4. The third-order valence-electron chi connectivity index (χ3n) is 8.79. The summed E-state index contributed by atoms with van der Waals surface area (Å²) in [5.41, 5.74) is -0.603. The number of carbonyl (C=O) groups is 2. The summed E-state index contributed by atoms with van der Waals surface area (Å²) < 4.78 is 35.4. The number of amides is 2. The summed E-state index contributed by atoms with van der Waals surface area (Å²) in [7, 11) is 3.18. The fourth-order valence-electron chi connectivity index (χ4n) is 6.40. The topological polar surface area (TPSA) is 132 Å². The third kappa shape index (κ3) is 5.35. The van der Waals surface area contributed by atoms with Crippen LogP contribution in [0.2, 0.25) is 0 Å². The predicted molar refractivity (Wildman–Crippen MR) is 155 cm³/mol. The van der Waals surface area contributed by atoms with Gasteiger partial charge in [-0.2, -0.15) is 4.98 Å². The Hall–Kier alpha value is -3.58. The molecule has 0 spiro atoms. The zero-order valence-electron chi connectivity index (χ0n) is 24.3. The SMILES string of the molecule is CC[C@@H]1C(=O)N(C)c2cnc(Nc3ccc(C(=O)NC4(CCO)CCNCC4(F)F)cc3OC)nc2N1C1CCCC1. The smallest absolute Gasteiger partial charge is 0.282 e. The minimum absolute atomic E-state index is 0.0176. The van der Waals surface area contributed by atoms with Crippen LogP contribution in [-0.2, 0) is 4.79 Å². The van der Waals surface area contributed by atoms with E-state index in [1.807, 2.05) is 6.92 Å². The average Bonchev–Trinajstić information content (AvgIpc) is 3.51. The molecule has 11 nitrogen and oxygen atoms in total. The van der Waals surface area contributed by atoms with Crippen molar-refractivity contribution in [3.8, 4) is 5.75 Å². The van der Waals surface area contributed by atoms with Crippen LogP contribution in [0.1, 0.15) is 62.2 Å². The number of fused-ring (bicyclic) bond motifs is 1. The molecule has 1 aromatic heterocycles. The predicted octanol–water partition coefficient (Wildman–Crippen LogP) is 3.21. The van der Waals surface area contributed by atoms with E-state index in [0.717, 1.165) is 25.7 Å². The Morgan fingerprint density at radius 3 is 2.71 bits per heavy atom. The lowest BCUT2D eigenvalue weighted by Gasteiger charge is -2.44. The van der Waals surface area contributed by atoms with E-state index in [9.17, 15) is 23.5 Å². The summed E-state index contributed by atoms with van der Waals surface area (Å²) in [6.07, 6.45) is 6.22. The second-order valence-corrected chi connectivity index (χ2v) is 11.3. The van der Waals surface area contributed by atoms with E-state index >= 15 is 0 Å². The van der Waals surface area contributed by atoms with Crippen molar-refractivity contribution >= 4 is 35.0 Å². The lowest BCUT2D eigenvalue weighted by atomic mass is 9.81. The minimum Gasteiger partial charge on any atom is -0.495 e. The van der Waals surface area contributed by atoms with Crippen molar-refractivity contribution in [1.82, 2.24) is 20.6 Å². The van der Waals surface area contributed by atoms with Crippen molar-refractivity contribution in [2.75, 3.05) is 49.0 Å². The molecule has 2 aliphatic heterocycles. The molecule has 4 N–H and O–H groups in total. The number of hydrogen-bond donors (Lipinski definition) is 4. The van der Waals surface area contributed by atoms with Crippen LogP contribution in [0.25, 0.3) is 0 Å². The van der Waals surface area contributed by atoms with Crippen molar-refractivity contribution in [3.63, 3.8) is 0 Å². The Labute approximate surface area is 244 Å². The van der Waals surface area contributed by atoms with E-state index in [-0.39, 0.29) is 36.4 Å². The molecule has 2 atom stereocenters. The number of carbonyl (C=O) groups excluding carboxylic acids is 2. The molecule has 0 bridgehead atoms. The second kappa shape index (κ2) is 12.0. The van der Waals surface area contributed by atoms with Crippen molar-refractivity contribution in [2.45, 2.75) is 75.4 Å². The highest BCUT2D eigenvalue weighted by Gasteiger charge is 2.55. The van der Waals surface area contributed by atoms with Crippen LogP contribution in [0, 0.1) is 0 Å². The zero-order chi connectivity index (χ0) is 30.1. The maximum absolute atomic E-state index is 14.9. The number of likely N-dealkylation sites (N-methyl/N-ethyl adjacent to an activating group) is 1. The monoisotopic (exact) mass is 587 g/mol. The molecule has 2 fully saturated rings. The molecule has 1 saturated heterocycles. The number of benzene rings is 1. The van der Waals surface area contributed by atoms with Crippen LogP contribution >= 0.6 is 0 Å². The van der Waals surface area contributed by atoms with Crippen molar-refractivity contribution < 1.29 is 28.2 Å². The first kappa shape index (κ1) is 29.9. The fourth-order valence-corrected chi connectivity index (χ4v) is 6.40. The zero-order valence-corrected chi connectivity index (χ0v) is 24.3. The lowest BCUT2D eigenvalue weighted by Crippen LogP contribution is -2.67. The van der Waals surface area contributed by atoms with Crippen LogP contribution in [-0.4, -0.2) is 84.3 Å². The number of aliphatic hydroxyl groups is 1. The molecule has 13 heteroatoms. The fraction of sp³-hybridized carbons (Fsp3) is 0.586. The molecule has 0 radical (unpaired) electrons. The van der Waals surface area contributed by atoms with Crippen LogP contribution in [0.5, 0.6) is 5.75 Å². The molecular weight excluding hydrogens is 548 g/mol. The van der Waals surface area contributed by atoms with E-state index in [2.05, 4.69) is 25.8 Å². The normalized spacial score (nSPS) is 24.0. The average molecular weight is 588 g/mol. The Bertz CT molecular complexity index is 1320. The van der Waals surface area contributed by atoms with Crippen LogP contribution in [0.15, 0.2) is 24.4 Å². The molecule has 2 amide bonds. The van der Waals surface area contributed by atoms with E-state index in [1.54, 1.807) is 24.2 Å². The van der Waals surface area contributed by atoms with Crippen molar-refractivity contribution in [1.29, 1.82) is 0 Å². The van der Waals surface area contributed by atoms with Gasteiger partial charge < -0.3 is 35.6 Å². The minimum atomic E-state index is -3.24. The summed E-state index contributed by atoms with van der Waals surface area (Å²) in [4.78, 5) is 39.4. The van der Waals surface area contributed by atoms with Gasteiger partial charge in [0.15, 0.2) is 5.82 Å². The number of rotatable bonds is 9. The molecule has 1 aromatic carbocycles. The van der Waals surface area contributed by atoms with Gasteiger partial charge in [0.25, 0.3) is 11.8 Å². The highest BCUT2D eigenvalue weighted by Crippen LogP contribution is 2.41. The van der Waals surface area contributed by atoms with Gasteiger partial charge in [0.1, 0.15) is 23.0 Å². The van der Waals surface area contributed by atoms with Crippen LogP contribution < -0.4 is 30.5 Å². The summed E-state index contributed by atoms with van der Waals surface area (Å²) >= 11 is 0. The largest absolute Gasteiger partial charge is 0.495 e. The number of anilines is 4. The molecule has 3 aliphatic rings. The highest BCUT2D eigenvalue weighted by atomic mass is 19.3. The number of aromatic nitrogens is 2. The number of piperidine rings is 1. The standard InChI is InChI=1S/C29H39F2N7O4/c1-4-21-26(41)37(2)22-16-33-27(35-24(22)38(21)19-7-5-6-8-19)34-20-10-9-18(15-23(20)42-3)25(40)36-28(12-14-39)11-13-32-17-29(28,30)31/h9-10,15-16,19,21,32,39H,4-8,11-14,17H2,1-3H3,(H,36,40)(H,33,34,35)/t21-,28?/m1/s1. The Kier molecular flexibility index (Phi) is 8.51. The van der Waals surface area contributed by atoms with Crippen molar-refractivity contribution in [3.05, 3.63) is 30.0 Å². The third-order valence-corrected chi connectivity index (χ3v) is 8.79. The van der Waals surface area contributed by atoms with Crippen LogP contribution in [0.4, 0.5) is 31.9 Å². The number of hydrogen-bond acceptors (Lipinski definition) is 9. The number of aliphatic hydroxyl groups excluding tert-OH is 1. The Morgan fingerprint density at radius 2 is 2.05 bits per heavy atom. The number of halogens is 2. The van der Waals surface area contributed by atoms with Gasteiger partial charge in [0.05, 0.1) is 25.5 Å². The number of nitrogens with zero attached hydrogens (tertiary/aromatic N) is 4. The number of ether oxygens (including phenoxy) is 1. The van der Waals surface area contributed by atoms with Gasteiger partial charge in [0.2, 0.25) is 11.9 Å². The maximum Gasteiger partial charge on any atom is 0.282 e. The van der Waals surface area contributed by atoms with Gasteiger partial charge in [-0.1, -0.05) is 19.8 Å². The molecule has 3 heterocycles. The maximum atomic E-state index is 14.9.